The number of benzene rings is 1. The number of aliphatic hydroxyl groups excluding tert-OH is 1. The highest BCUT2D eigenvalue weighted by molar-refractivity contribution is 6.30. The first-order valence-electron chi connectivity index (χ1n) is 6.96. The minimum absolute atomic E-state index is 0.158. The predicted octanol–water partition coefficient (Wildman–Crippen LogP) is 2.40. The Morgan fingerprint density at radius 2 is 1.85 bits per heavy atom. The van der Waals surface area contributed by atoms with Crippen molar-refractivity contribution in [2.24, 2.45) is 0 Å². The fourth-order valence-corrected chi connectivity index (χ4v) is 1.85. The van der Waals surface area contributed by atoms with Gasteiger partial charge in [0.15, 0.2) is 0 Å². The van der Waals surface area contributed by atoms with E-state index in [1.54, 1.807) is 0 Å². The second-order valence-electron chi connectivity index (χ2n) is 4.61. The van der Waals surface area contributed by atoms with Crippen LogP contribution in [0.3, 0.4) is 0 Å². The molecule has 2 atom stereocenters. The molecule has 0 aromatic heterocycles. The molecule has 0 bridgehead atoms. The lowest BCUT2D eigenvalue weighted by Crippen LogP contribution is -2.32. The lowest BCUT2D eigenvalue weighted by atomic mass is 10.1. The van der Waals surface area contributed by atoms with Gasteiger partial charge in [-0.15, -0.1) is 0 Å². The first-order chi connectivity index (χ1) is 9.63. The fourth-order valence-electron chi connectivity index (χ4n) is 1.72. The molecule has 0 radical (unpaired) electrons. The fraction of sp³-hybridized carbons (Fsp3) is 0.600. The molecule has 5 heteroatoms. The van der Waals surface area contributed by atoms with Crippen LogP contribution in [0.25, 0.3) is 0 Å². The summed E-state index contributed by atoms with van der Waals surface area (Å²) in [6.07, 6.45) is -0.522. The van der Waals surface area contributed by atoms with Crippen molar-refractivity contribution in [2.75, 3.05) is 33.0 Å². The summed E-state index contributed by atoms with van der Waals surface area (Å²) < 4.78 is 10.5. The summed E-state index contributed by atoms with van der Waals surface area (Å²) >= 11 is 5.85. The van der Waals surface area contributed by atoms with Crippen LogP contribution in [-0.4, -0.2) is 44.2 Å². The molecule has 1 aromatic carbocycles. The van der Waals surface area contributed by atoms with Gasteiger partial charge in [0.2, 0.25) is 0 Å². The van der Waals surface area contributed by atoms with Crippen molar-refractivity contribution >= 4 is 11.6 Å². The Hall–Kier alpha value is -0.650. The third-order valence-electron chi connectivity index (χ3n) is 2.92. The van der Waals surface area contributed by atoms with E-state index in [0.29, 0.717) is 33.0 Å². The number of nitrogens with one attached hydrogen (secondary N) is 1. The van der Waals surface area contributed by atoms with Crippen LogP contribution in [0.15, 0.2) is 24.3 Å². The zero-order valence-corrected chi connectivity index (χ0v) is 12.9. The Morgan fingerprint density at radius 3 is 2.50 bits per heavy atom. The maximum Gasteiger partial charge on any atom is 0.0897 e. The highest BCUT2D eigenvalue weighted by Gasteiger charge is 2.08. The van der Waals surface area contributed by atoms with Gasteiger partial charge in [0, 0.05) is 24.2 Å². The maximum absolute atomic E-state index is 9.80. The lowest BCUT2D eigenvalue weighted by molar-refractivity contribution is 0.00586. The standard InChI is InChI=1S/C15H24ClNO3/c1-3-19-8-9-20-11-15(18)10-17-12(2)13-4-6-14(16)7-5-13/h4-7,12,15,17-18H,3,8-11H2,1-2H3/t12-,15?/m1/s1. The van der Waals surface area contributed by atoms with Crippen LogP contribution in [0.1, 0.15) is 25.5 Å². The Balaban J connectivity index is 2.16. The van der Waals surface area contributed by atoms with Crippen LogP contribution in [0.5, 0.6) is 0 Å². The van der Waals surface area contributed by atoms with Crippen molar-refractivity contribution in [3.8, 4) is 0 Å². The van der Waals surface area contributed by atoms with Crippen LogP contribution in [-0.2, 0) is 9.47 Å². The van der Waals surface area contributed by atoms with E-state index in [1.807, 2.05) is 38.1 Å². The number of rotatable bonds is 10. The lowest BCUT2D eigenvalue weighted by Gasteiger charge is -2.17. The van der Waals surface area contributed by atoms with Gasteiger partial charge in [-0.2, -0.15) is 0 Å². The van der Waals surface area contributed by atoms with Gasteiger partial charge in [0.25, 0.3) is 0 Å². The monoisotopic (exact) mass is 301 g/mol. The number of halogens is 1. The molecule has 0 heterocycles. The average molecular weight is 302 g/mol. The molecule has 0 aliphatic rings. The van der Waals surface area contributed by atoms with Crippen molar-refractivity contribution in [3.63, 3.8) is 0 Å². The van der Waals surface area contributed by atoms with Crippen molar-refractivity contribution in [3.05, 3.63) is 34.9 Å². The van der Waals surface area contributed by atoms with Gasteiger partial charge in [0.05, 0.1) is 25.9 Å². The molecule has 4 nitrogen and oxygen atoms in total. The molecule has 114 valence electrons. The van der Waals surface area contributed by atoms with E-state index in [-0.39, 0.29) is 6.04 Å². The van der Waals surface area contributed by atoms with Crippen LogP contribution in [0.2, 0.25) is 5.02 Å². The van der Waals surface area contributed by atoms with Gasteiger partial charge in [0.1, 0.15) is 0 Å². The molecule has 2 N–H and O–H groups in total. The van der Waals surface area contributed by atoms with Gasteiger partial charge < -0.3 is 19.9 Å². The third kappa shape index (κ3) is 7.22. The van der Waals surface area contributed by atoms with Crippen molar-refractivity contribution < 1.29 is 14.6 Å². The van der Waals surface area contributed by atoms with Gasteiger partial charge in [-0.05, 0) is 31.5 Å². The quantitative estimate of drug-likeness (QED) is 0.652. The van der Waals surface area contributed by atoms with E-state index in [1.165, 1.54) is 0 Å². The van der Waals surface area contributed by atoms with E-state index in [0.717, 1.165) is 10.6 Å². The first kappa shape index (κ1) is 17.4. The third-order valence-corrected chi connectivity index (χ3v) is 3.17. The summed E-state index contributed by atoms with van der Waals surface area (Å²) in [7, 11) is 0. The number of hydrogen-bond acceptors (Lipinski definition) is 4. The molecule has 20 heavy (non-hydrogen) atoms. The molecule has 0 saturated heterocycles. The first-order valence-corrected chi connectivity index (χ1v) is 7.33. The van der Waals surface area contributed by atoms with Gasteiger partial charge >= 0.3 is 0 Å². The number of hydrogen-bond donors (Lipinski definition) is 2. The average Bonchev–Trinajstić information content (AvgIpc) is 2.45. The van der Waals surface area contributed by atoms with Crippen molar-refractivity contribution in [2.45, 2.75) is 26.0 Å². The maximum atomic E-state index is 9.80. The molecule has 0 aliphatic carbocycles. The minimum Gasteiger partial charge on any atom is -0.389 e. The number of ether oxygens (including phenoxy) is 2. The van der Waals surface area contributed by atoms with E-state index < -0.39 is 6.10 Å². The molecule has 0 fully saturated rings. The van der Waals surface area contributed by atoms with Crippen LogP contribution in [0, 0.1) is 0 Å². The van der Waals surface area contributed by atoms with Crippen LogP contribution >= 0.6 is 11.6 Å². The Morgan fingerprint density at radius 1 is 1.20 bits per heavy atom. The predicted molar refractivity (Wildman–Crippen MR) is 81.2 cm³/mol. The largest absolute Gasteiger partial charge is 0.389 e. The molecule has 0 spiro atoms. The molecule has 0 saturated carbocycles. The van der Waals surface area contributed by atoms with Crippen molar-refractivity contribution in [1.29, 1.82) is 0 Å². The summed E-state index contributed by atoms with van der Waals surface area (Å²) in [4.78, 5) is 0. The van der Waals surface area contributed by atoms with Gasteiger partial charge in [-0.1, -0.05) is 23.7 Å². The van der Waals surface area contributed by atoms with E-state index in [2.05, 4.69) is 5.32 Å². The minimum atomic E-state index is -0.522. The van der Waals surface area contributed by atoms with Gasteiger partial charge in [-0.25, -0.2) is 0 Å². The summed E-state index contributed by atoms with van der Waals surface area (Å²) in [6, 6.07) is 7.84. The van der Waals surface area contributed by atoms with Crippen LogP contribution < -0.4 is 5.32 Å². The second-order valence-corrected chi connectivity index (χ2v) is 5.04. The highest BCUT2D eigenvalue weighted by Crippen LogP contribution is 2.15. The van der Waals surface area contributed by atoms with Crippen molar-refractivity contribution in [1.82, 2.24) is 5.32 Å². The van der Waals surface area contributed by atoms with E-state index in [9.17, 15) is 5.11 Å². The molecule has 0 aliphatic heterocycles. The summed E-state index contributed by atoms with van der Waals surface area (Å²) in [5.41, 5.74) is 1.14. The smallest absolute Gasteiger partial charge is 0.0897 e. The molecule has 0 amide bonds. The highest BCUT2D eigenvalue weighted by atomic mass is 35.5. The number of aliphatic hydroxyl groups is 1. The van der Waals surface area contributed by atoms with Gasteiger partial charge in [-0.3, -0.25) is 0 Å². The summed E-state index contributed by atoms with van der Waals surface area (Å²) in [6.45, 7) is 6.55. The zero-order chi connectivity index (χ0) is 14.8. The SMILES string of the molecule is CCOCCOCC(O)CN[C@H](C)c1ccc(Cl)cc1. The molecular weight excluding hydrogens is 278 g/mol. The van der Waals surface area contributed by atoms with Crippen LogP contribution in [0.4, 0.5) is 0 Å². The Bertz CT molecular complexity index is 359. The van der Waals surface area contributed by atoms with E-state index in [4.69, 9.17) is 21.1 Å². The Kier molecular flexibility index (Phi) is 8.82. The summed E-state index contributed by atoms with van der Waals surface area (Å²) in [5, 5.41) is 13.8. The molecule has 1 unspecified atom stereocenters. The molecular formula is C15H24ClNO3. The topological polar surface area (TPSA) is 50.7 Å². The second kappa shape index (κ2) is 10.1. The summed E-state index contributed by atoms with van der Waals surface area (Å²) in [5.74, 6) is 0. The normalized spacial score (nSPS) is 14.2. The molecule has 1 aromatic rings. The zero-order valence-electron chi connectivity index (χ0n) is 12.1. The molecule has 1 rings (SSSR count). The Labute approximate surface area is 126 Å². The van der Waals surface area contributed by atoms with E-state index >= 15 is 0 Å².